The summed E-state index contributed by atoms with van der Waals surface area (Å²) < 4.78 is 1.90. The lowest BCUT2D eigenvalue weighted by molar-refractivity contribution is 0.114. The number of rotatable bonds is 4. The summed E-state index contributed by atoms with van der Waals surface area (Å²) in [4.78, 5) is 6.26. The van der Waals surface area contributed by atoms with Gasteiger partial charge in [0.25, 0.3) is 0 Å². The third-order valence-corrected chi connectivity index (χ3v) is 5.20. The van der Waals surface area contributed by atoms with Crippen molar-refractivity contribution in [3.63, 3.8) is 0 Å². The largest absolute Gasteiger partial charge is 0.357 e. The van der Waals surface area contributed by atoms with Crippen LogP contribution in [0.15, 0.2) is 42.9 Å². The van der Waals surface area contributed by atoms with Gasteiger partial charge < -0.3 is 20.0 Å². The van der Waals surface area contributed by atoms with Crippen LogP contribution in [0.3, 0.4) is 0 Å². The van der Waals surface area contributed by atoms with Crippen LogP contribution in [0.1, 0.15) is 46.1 Å². The van der Waals surface area contributed by atoms with Crippen LogP contribution in [0.2, 0.25) is 0 Å². The maximum absolute atomic E-state index is 8.46. The second-order valence-corrected chi connectivity index (χ2v) is 8.81. The Bertz CT molecular complexity index is 873. The van der Waals surface area contributed by atoms with E-state index >= 15 is 0 Å². The maximum atomic E-state index is 8.46. The van der Waals surface area contributed by atoms with Gasteiger partial charge in [0.15, 0.2) is 0 Å². The maximum Gasteiger partial charge on any atom is 0.136 e. The number of fused-ring (bicyclic) bond motifs is 1. The van der Waals surface area contributed by atoms with E-state index in [1.165, 1.54) is 0 Å². The van der Waals surface area contributed by atoms with Crippen molar-refractivity contribution in [1.82, 2.24) is 19.6 Å². The van der Waals surface area contributed by atoms with Gasteiger partial charge in [0.05, 0.1) is 5.71 Å². The van der Waals surface area contributed by atoms with Crippen molar-refractivity contribution in [3.8, 4) is 0 Å². The average molecular weight is 367 g/mol. The predicted molar refractivity (Wildman–Crippen MR) is 111 cm³/mol. The topological polar surface area (TPSA) is 80.3 Å². The van der Waals surface area contributed by atoms with E-state index in [1.807, 2.05) is 40.9 Å². The molecule has 0 saturated carbocycles. The summed E-state index contributed by atoms with van der Waals surface area (Å²) in [5.74, 6) is 0.432. The molecule has 0 radical (unpaired) electrons. The number of hydrogen-bond donors (Lipinski definition) is 3. The average Bonchev–Trinajstić information content (AvgIpc) is 3.03. The predicted octanol–water partition coefficient (Wildman–Crippen LogP) is 3.48. The smallest absolute Gasteiger partial charge is 0.136 e. The van der Waals surface area contributed by atoms with Crippen molar-refractivity contribution >= 4 is 17.2 Å². The number of aromatic nitrogens is 2. The normalized spacial score (nSPS) is 19.4. The first-order valence-corrected chi connectivity index (χ1v) is 9.37. The zero-order valence-corrected chi connectivity index (χ0v) is 16.9. The molecular formula is C21H30N6. The van der Waals surface area contributed by atoms with Gasteiger partial charge in [0.2, 0.25) is 0 Å². The summed E-state index contributed by atoms with van der Waals surface area (Å²) in [5.41, 5.74) is 2.13. The Hall–Kier alpha value is -2.47. The fourth-order valence-corrected chi connectivity index (χ4v) is 4.19. The summed E-state index contributed by atoms with van der Waals surface area (Å²) in [5, 5.41) is 20.5. The van der Waals surface area contributed by atoms with Crippen molar-refractivity contribution in [2.24, 2.45) is 0 Å². The standard InChI is InChI=1S/C21H30N6/c1-20(2)12-16(13-21(3,4)25-20)26(5)18(23)8-7-17(22)15-6-9-19-24-10-11-27(19)14-15/h6-11,14,16,22-23,25H,12-13H2,1-5H3/b8-7-,22-17?,23-18?. The molecule has 0 bridgehead atoms. The van der Waals surface area contributed by atoms with Gasteiger partial charge in [-0.2, -0.15) is 0 Å². The lowest BCUT2D eigenvalue weighted by Gasteiger charge is -2.49. The minimum atomic E-state index is 0.0393. The molecule has 6 heteroatoms. The van der Waals surface area contributed by atoms with Gasteiger partial charge in [0, 0.05) is 48.3 Å². The minimum absolute atomic E-state index is 0.0393. The Labute approximate surface area is 161 Å². The highest BCUT2D eigenvalue weighted by Gasteiger charge is 2.39. The fraction of sp³-hybridized carbons (Fsp3) is 0.476. The number of imidazole rings is 1. The summed E-state index contributed by atoms with van der Waals surface area (Å²) in [6, 6.07) is 4.08. The van der Waals surface area contributed by atoms with Gasteiger partial charge >= 0.3 is 0 Å². The van der Waals surface area contributed by atoms with Crippen molar-refractivity contribution in [1.29, 1.82) is 10.8 Å². The van der Waals surface area contributed by atoms with Crippen LogP contribution in [-0.2, 0) is 0 Å². The highest BCUT2D eigenvalue weighted by atomic mass is 15.2. The number of pyridine rings is 1. The van der Waals surface area contributed by atoms with Gasteiger partial charge in [0.1, 0.15) is 11.5 Å². The van der Waals surface area contributed by atoms with Crippen molar-refractivity contribution in [3.05, 3.63) is 48.4 Å². The number of nitrogens with zero attached hydrogens (tertiary/aromatic N) is 3. The van der Waals surface area contributed by atoms with E-state index in [2.05, 4.69) is 38.0 Å². The molecule has 0 aliphatic carbocycles. The summed E-state index contributed by atoms with van der Waals surface area (Å²) in [6.07, 6.45) is 10.9. The SMILES string of the molecule is CN(C(=N)/C=C\C(=N)c1ccc2nccn2c1)C1CC(C)(C)NC(C)(C)C1. The number of amidine groups is 1. The molecule has 1 aliphatic rings. The summed E-state index contributed by atoms with van der Waals surface area (Å²) in [6.45, 7) is 8.87. The van der Waals surface area contributed by atoms with Gasteiger partial charge in [-0.15, -0.1) is 0 Å². The molecule has 27 heavy (non-hydrogen) atoms. The quantitative estimate of drug-likeness (QED) is 0.572. The van der Waals surface area contributed by atoms with E-state index in [1.54, 1.807) is 18.3 Å². The van der Waals surface area contributed by atoms with E-state index in [4.69, 9.17) is 10.8 Å². The molecule has 144 valence electrons. The Morgan fingerprint density at radius 2 is 1.85 bits per heavy atom. The molecule has 2 aromatic rings. The Balaban J connectivity index is 1.69. The van der Waals surface area contributed by atoms with Crippen LogP contribution in [0.5, 0.6) is 0 Å². The molecule has 1 saturated heterocycles. The van der Waals surface area contributed by atoms with E-state index in [0.717, 1.165) is 24.1 Å². The third-order valence-electron chi connectivity index (χ3n) is 5.20. The van der Waals surface area contributed by atoms with E-state index < -0.39 is 0 Å². The van der Waals surface area contributed by atoms with Crippen LogP contribution in [0, 0.1) is 10.8 Å². The Morgan fingerprint density at radius 1 is 1.19 bits per heavy atom. The second kappa shape index (κ2) is 6.93. The third kappa shape index (κ3) is 4.45. The molecular weight excluding hydrogens is 336 g/mol. The second-order valence-electron chi connectivity index (χ2n) is 8.81. The fourth-order valence-electron chi connectivity index (χ4n) is 4.19. The molecule has 0 amide bonds. The zero-order valence-electron chi connectivity index (χ0n) is 16.9. The molecule has 1 aliphatic heterocycles. The van der Waals surface area contributed by atoms with E-state index in [9.17, 15) is 0 Å². The van der Waals surface area contributed by atoms with Gasteiger partial charge in [-0.3, -0.25) is 5.41 Å². The van der Waals surface area contributed by atoms with Crippen LogP contribution < -0.4 is 5.32 Å². The zero-order chi connectivity index (χ0) is 19.8. The van der Waals surface area contributed by atoms with Crippen LogP contribution >= 0.6 is 0 Å². The van der Waals surface area contributed by atoms with Gasteiger partial charge in [-0.1, -0.05) is 0 Å². The molecule has 3 N–H and O–H groups in total. The summed E-state index contributed by atoms with van der Waals surface area (Å²) >= 11 is 0. The van der Waals surface area contributed by atoms with E-state index in [0.29, 0.717) is 17.6 Å². The lowest BCUT2D eigenvalue weighted by atomic mass is 9.79. The van der Waals surface area contributed by atoms with E-state index in [-0.39, 0.29) is 11.1 Å². The number of likely N-dealkylation sites (N-methyl/N-ethyl adjacent to an activating group) is 1. The number of nitrogens with one attached hydrogen (secondary N) is 3. The van der Waals surface area contributed by atoms with Gasteiger partial charge in [-0.25, -0.2) is 4.98 Å². The number of piperidine rings is 1. The highest BCUT2D eigenvalue weighted by Crippen LogP contribution is 2.31. The molecule has 0 atom stereocenters. The molecule has 0 aromatic carbocycles. The van der Waals surface area contributed by atoms with Crippen molar-refractivity contribution in [2.45, 2.75) is 57.7 Å². The molecule has 0 spiro atoms. The van der Waals surface area contributed by atoms with Crippen LogP contribution in [0.4, 0.5) is 0 Å². The highest BCUT2D eigenvalue weighted by molar-refractivity contribution is 6.09. The monoisotopic (exact) mass is 366 g/mol. The molecule has 1 fully saturated rings. The molecule has 0 unspecified atom stereocenters. The Morgan fingerprint density at radius 3 is 2.52 bits per heavy atom. The lowest BCUT2D eigenvalue weighted by Crippen LogP contribution is -2.62. The Kier molecular flexibility index (Phi) is 4.95. The van der Waals surface area contributed by atoms with Crippen molar-refractivity contribution in [2.75, 3.05) is 7.05 Å². The first kappa shape index (κ1) is 19.3. The van der Waals surface area contributed by atoms with Crippen LogP contribution in [-0.4, -0.2) is 50.0 Å². The number of hydrogen-bond acceptors (Lipinski definition) is 4. The first-order chi connectivity index (χ1) is 12.6. The molecule has 3 rings (SSSR count). The number of allylic oxidation sites excluding steroid dienone is 1. The first-order valence-electron chi connectivity index (χ1n) is 9.37. The van der Waals surface area contributed by atoms with Crippen LogP contribution in [0.25, 0.3) is 5.65 Å². The summed E-state index contributed by atoms with van der Waals surface area (Å²) in [7, 11) is 1.98. The van der Waals surface area contributed by atoms with Crippen molar-refractivity contribution < 1.29 is 0 Å². The minimum Gasteiger partial charge on any atom is -0.357 e. The van der Waals surface area contributed by atoms with Gasteiger partial charge in [-0.05, 0) is 64.8 Å². The molecule has 3 heterocycles. The molecule has 6 nitrogen and oxygen atoms in total. The molecule has 2 aromatic heterocycles.